The van der Waals surface area contributed by atoms with Crippen LogP contribution >= 0.6 is 0 Å². The van der Waals surface area contributed by atoms with E-state index >= 15 is 0 Å². The van der Waals surface area contributed by atoms with Gasteiger partial charge < -0.3 is 15.2 Å². The number of aromatic nitrogens is 2. The summed E-state index contributed by atoms with van der Waals surface area (Å²) in [6.07, 6.45) is 1.49. The second kappa shape index (κ2) is 7.21. The molecule has 1 atom stereocenters. The van der Waals surface area contributed by atoms with Gasteiger partial charge in [-0.15, -0.1) is 0 Å². The molecule has 1 rings (SSSR count). The molecular weight excluding hydrogens is 256 g/mol. The van der Waals surface area contributed by atoms with Crippen LogP contribution in [0.3, 0.4) is 0 Å². The first kappa shape index (κ1) is 14.8. The Labute approximate surface area is 108 Å². The molecule has 1 heterocycles. The van der Waals surface area contributed by atoms with Crippen molar-refractivity contribution in [2.45, 2.75) is 19.4 Å². The van der Waals surface area contributed by atoms with Gasteiger partial charge in [0.25, 0.3) is 0 Å². The number of hydrogen-bond acceptors (Lipinski definition) is 7. The highest BCUT2D eigenvalue weighted by molar-refractivity contribution is 5.67. The molecular formula is C10H14N4O5. The largest absolute Gasteiger partial charge is 0.481 e. The van der Waals surface area contributed by atoms with Crippen LogP contribution in [-0.4, -0.2) is 45.2 Å². The fourth-order valence-electron chi connectivity index (χ4n) is 1.33. The van der Waals surface area contributed by atoms with Crippen molar-refractivity contribution in [3.05, 3.63) is 22.5 Å². The molecule has 0 aliphatic heterocycles. The maximum Gasteiger partial charge on any atom is 0.306 e. The van der Waals surface area contributed by atoms with Gasteiger partial charge in [0.1, 0.15) is 12.4 Å². The normalized spacial score (nSPS) is 11.8. The molecule has 0 aromatic carbocycles. The molecule has 9 heteroatoms. The summed E-state index contributed by atoms with van der Waals surface area (Å²) in [5, 5.41) is 21.9. The van der Waals surface area contributed by atoms with Gasteiger partial charge in [-0.3, -0.25) is 14.9 Å². The van der Waals surface area contributed by atoms with Crippen molar-refractivity contribution in [2.24, 2.45) is 0 Å². The zero-order valence-electron chi connectivity index (χ0n) is 10.3. The van der Waals surface area contributed by atoms with E-state index in [2.05, 4.69) is 15.3 Å². The van der Waals surface area contributed by atoms with Crippen LogP contribution in [0.2, 0.25) is 0 Å². The quantitative estimate of drug-likeness (QED) is 0.521. The minimum Gasteiger partial charge on any atom is -0.481 e. The van der Waals surface area contributed by atoms with Gasteiger partial charge in [-0.25, -0.2) is 9.97 Å². The number of carbonyl (C=O) groups is 1. The van der Waals surface area contributed by atoms with Crippen LogP contribution in [0.1, 0.15) is 13.3 Å². The monoisotopic (exact) mass is 270 g/mol. The minimum absolute atomic E-state index is 0.145. The summed E-state index contributed by atoms with van der Waals surface area (Å²) in [4.78, 5) is 27.9. The molecule has 0 aliphatic carbocycles. The molecule has 0 bridgehead atoms. The van der Waals surface area contributed by atoms with E-state index in [0.717, 1.165) is 12.4 Å². The molecule has 0 amide bonds. The van der Waals surface area contributed by atoms with Gasteiger partial charge in [-0.2, -0.15) is 0 Å². The zero-order chi connectivity index (χ0) is 14.3. The van der Waals surface area contributed by atoms with E-state index in [4.69, 9.17) is 9.84 Å². The summed E-state index contributed by atoms with van der Waals surface area (Å²) in [5.41, 5.74) is -0.211. The summed E-state index contributed by atoms with van der Waals surface area (Å²) in [5.74, 6) is -0.787. The topological polar surface area (TPSA) is 127 Å². The first-order valence-electron chi connectivity index (χ1n) is 5.56. The van der Waals surface area contributed by atoms with Crippen LogP contribution in [0.15, 0.2) is 12.4 Å². The van der Waals surface area contributed by atoms with Gasteiger partial charge in [0.05, 0.1) is 17.4 Å². The van der Waals surface area contributed by atoms with Crippen molar-refractivity contribution in [2.75, 3.05) is 18.5 Å². The van der Waals surface area contributed by atoms with Crippen molar-refractivity contribution in [1.29, 1.82) is 0 Å². The molecule has 1 unspecified atom stereocenters. The lowest BCUT2D eigenvalue weighted by molar-refractivity contribution is -0.385. The second-order valence-electron chi connectivity index (χ2n) is 3.58. The Hall–Kier alpha value is -2.29. The molecule has 2 N–H and O–H groups in total. The van der Waals surface area contributed by atoms with Crippen LogP contribution in [0.5, 0.6) is 0 Å². The lowest BCUT2D eigenvalue weighted by Crippen LogP contribution is -2.26. The zero-order valence-corrected chi connectivity index (χ0v) is 10.3. The molecule has 0 saturated carbocycles. The van der Waals surface area contributed by atoms with Crippen molar-refractivity contribution < 1.29 is 19.6 Å². The second-order valence-corrected chi connectivity index (χ2v) is 3.58. The molecule has 0 spiro atoms. The molecule has 104 valence electrons. The number of hydrogen-bond donors (Lipinski definition) is 2. The Balaban J connectivity index is 2.53. The third kappa shape index (κ3) is 5.25. The Morgan fingerprint density at radius 2 is 2.21 bits per heavy atom. The van der Waals surface area contributed by atoms with Gasteiger partial charge in [0, 0.05) is 13.2 Å². The summed E-state index contributed by atoms with van der Waals surface area (Å²) in [6.45, 7) is 2.36. The molecule has 19 heavy (non-hydrogen) atoms. The fourth-order valence-corrected chi connectivity index (χ4v) is 1.33. The van der Waals surface area contributed by atoms with Gasteiger partial charge in [-0.05, 0) is 6.92 Å². The van der Waals surface area contributed by atoms with Crippen LogP contribution < -0.4 is 5.32 Å². The van der Waals surface area contributed by atoms with Crippen molar-refractivity contribution in [3.63, 3.8) is 0 Å². The van der Waals surface area contributed by atoms with Crippen LogP contribution in [0.4, 0.5) is 11.6 Å². The Kier molecular flexibility index (Phi) is 5.61. The van der Waals surface area contributed by atoms with Gasteiger partial charge in [-0.1, -0.05) is 0 Å². The maximum absolute atomic E-state index is 10.6. The molecule has 1 aromatic rings. The Bertz CT molecular complexity index is 436. The maximum atomic E-state index is 10.6. The average molecular weight is 270 g/mol. The van der Waals surface area contributed by atoms with Crippen LogP contribution in [0.25, 0.3) is 0 Å². The Morgan fingerprint density at radius 1 is 1.58 bits per heavy atom. The molecule has 0 fully saturated rings. The highest BCUT2D eigenvalue weighted by atomic mass is 16.6. The number of carboxylic acid groups (broad SMARTS) is 1. The van der Waals surface area contributed by atoms with Gasteiger partial charge in [0.15, 0.2) is 0 Å². The first-order chi connectivity index (χ1) is 9.02. The predicted octanol–water partition coefficient (Wildman–Crippen LogP) is 0.676. The van der Waals surface area contributed by atoms with Crippen LogP contribution in [-0.2, 0) is 9.53 Å². The van der Waals surface area contributed by atoms with E-state index in [-0.39, 0.29) is 24.6 Å². The van der Waals surface area contributed by atoms with Crippen LogP contribution in [0, 0.1) is 10.1 Å². The van der Waals surface area contributed by atoms with E-state index in [1.54, 1.807) is 6.92 Å². The van der Waals surface area contributed by atoms with E-state index < -0.39 is 17.0 Å². The number of anilines is 1. The van der Waals surface area contributed by atoms with Crippen molar-refractivity contribution >= 4 is 17.6 Å². The fraction of sp³-hybridized carbons (Fsp3) is 0.500. The minimum atomic E-state index is -0.968. The Morgan fingerprint density at radius 3 is 2.68 bits per heavy atom. The summed E-state index contributed by atoms with van der Waals surface area (Å²) in [7, 11) is 0. The third-order valence-corrected chi connectivity index (χ3v) is 2.14. The molecule has 0 aliphatic rings. The summed E-state index contributed by atoms with van der Waals surface area (Å²) >= 11 is 0. The third-order valence-electron chi connectivity index (χ3n) is 2.14. The van der Waals surface area contributed by atoms with E-state index in [9.17, 15) is 14.9 Å². The van der Waals surface area contributed by atoms with Gasteiger partial charge in [0.2, 0.25) is 5.95 Å². The lowest BCUT2D eigenvalue weighted by Gasteiger charge is -2.15. The SMILES string of the molecule is CCOC(CNc1ncc([N+](=O)[O-])cn1)CC(=O)O. The van der Waals surface area contributed by atoms with Gasteiger partial charge >= 0.3 is 11.7 Å². The van der Waals surface area contributed by atoms with E-state index in [1.165, 1.54) is 0 Å². The highest BCUT2D eigenvalue weighted by Crippen LogP contribution is 2.08. The smallest absolute Gasteiger partial charge is 0.306 e. The number of carboxylic acids is 1. The molecule has 0 saturated heterocycles. The number of aliphatic carboxylic acids is 1. The summed E-state index contributed by atoms with van der Waals surface area (Å²) < 4.78 is 5.23. The molecule has 0 radical (unpaired) electrons. The number of nitro groups is 1. The standard InChI is InChI=1S/C10H14N4O5/c1-2-19-8(3-9(15)16)6-13-10-11-4-7(5-12-10)14(17)18/h4-5,8H,2-3,6H2,1H3,(H,15,16)(H,11,12,13). The van der Waals surface area contributed by atoms with Crippen molar-refractivity contribution in [3.8, 4) is 0 Å². The summed E-state index contributed by atoms with van der Waals surface area (Å²) in [6, 6.07) is 0. The lowest BCUT2D eigenvalue weighted by atomic mass is 10.2. The number of ether oxygens (including phenoxy) is 1. The molecule has 1 aromatic heterocycles. The highest BCUT2D eigenvalue weighted by Gasteiger charge is 2.14. The number of rotatable bonds is 8. The number of nitrogens with one attached hydrogen (secondary N) is 1. The molecule has 9 nitrogen and oxygen atoms in total. The van der Waals surface area contributed by atoms with E-state index in [0.29, 0.717) is 6.61 Å². The number of nitrogens with zero attached hydrogens (tertiary/aromatic N) is 3. The van der Waals surface area contributed by atoms with E-state index in [1.807, 2.05) is 0 Å². The average Bonchev–Trinajstić information content (AvgIpc) is 2.36. The first-order valence-corrected chi connectivity index (χ1v) is 5.56. The predicted molar refractivity (Wildman–Crippen MR) is 64.8 cm³/mol. The van der Waals surface area contributed by atoms with Crippen molar-refractivity contribution in [1.82, 2.24) is 9.97 Å².